The number of alkyl halides is 3. The Kier molecular flexibility index (Phi) is 4.35. The number of nitrogens with one attached hydrogen (secondary N) is 1. The molecule has 4 nitrogen and oxygen atoms in total. The molecule has 3 N–H and O–H groups in total. The molecule has 0 atom stereocenters. The molecule has 0 fully saturated rings. The lowest BCUT2D eigenvalue weighted by Gasteiger charge is -2.13. The maximum Gasteiger partial charge on any atom is 0.418 e. The van der Waals surface area contributed by atoms with Crippen molar-refractivity contribution in [2.45, 2.75) is 20.0 Å². The van der Waals surface area contributed by atoms with E-state index in [1.165, 1.54) is 18.2 Å². The number of rotatable bonds is 2. The lowest BCUT2D eigenvalue weighted by molar-refractivity contribution is -0.136. The van der Waals surface area contributed by atoms with E-state index in [0.29, 0.717) is 5.82 Å². The average Bonchev–Trinajstić information content (AvgIpc) is 2.36. The lowest BCUT2D eigenvalue weighted by atomic mass is 10.1. The normalized spacial score (nSPS) is 12.3. The van der Waals surface area contributed by atoms with Gasteiger partial charge in [-0.05, 0) is 43.7 Å². The molecule has 2 rings (SSSR count). The molecule has 0 radical (unpaired) electrons. The fraction of sp³-hybridized carbons (Fsp3) is 0.200. The van der Waals surface area contributed by atoms with Gasteiger partial charge in [-0.15, -0.1) is 0 Å². The number of pyridine rings is 1. The van der Waals surface area contributed by atoms with Crippen molar-refractivity contribution in [1.29, 1.82) is 0 Å². The summed E-state index contributed by atoms with van der Waals surface area (Å²) in [6.07, 6.45) is -4.47. The summed E-state index contributed by atoms with van der Waals surface area (Å²) in [4.78, 5) is 8.16. The summed E-state index contributed by atoms with van der Waals surface area (Å²) in [5.41, 5.74) is 6.42. The van der Waals surface area contributed by atoms with Crippen LogP contribution in [0.3, 0.4) is 0 Å². The monoisotopic (exact) mass is 308 g/mol. The quantitative estimate of drug-likeness (QED) is 0.655. The van der Waals surface area contributed by atoms with E-state index in [0.717, 1.165) is 17.3 Å². The van der Waals surface area contributed by atoms with Gasteiger partial charge in [-0.1, -0.05) is 12.1 Å². The standard InChI is InChI=1S/C15H15F3N4/c1-9-7-10(2)20-13(8-9)22-14(19)21-12-6-4-3-5-11(12)15(16,17)18/h3-8H,1-2H3,(H3,19,20,21,22). The summed E-state index contributed by atoms with van der Waals surface area (Å²) >= 11 is 0. The number of para-hydroxylation sites is 1. The average molecular weight is 308 g/mol. The van der Waals surface area contributed by atoms with Crippen LogP contribution in [0.5, 0.6) is 0 Å². The summed E-state index contributed by atoms with van der Waals surface area (Å²) in [5.74, 6) is 0.182. The molecule has 22 heavy (non-hydrogen) atoms. The predicted molar refractivity (Wildman–Crippen MR) is 80.1 cm³/mol. The number of nitrogens with two attached hydrogens (primary N) is 1. The smallest absolute Gasteiger partial charge is 0.369 e. The Balaban J connectivity index is 2.29. The van der Waals surface area contributed by atoms with Crippen LogP contribution in [0.2, 0.25) is 0 Å². The van der Waals surface area contributed by atoms with E-state index in [1.54, 1.807) is 13.0 Å². The van der Waals surface area contributed by atoms with E-state index in [1.807, 2.05) is 13.0 Å². The number of nitrogens with zero attached hydrogens (tertiary/aromatic N) is 2. The van der Waals surface area contributed by atoms with Crippen LogP contribution >= 0.6 is 0 Å². The van der Waals surface area contributed by atoms with Crippen LogP contribution < -0.4 is 11.1 Å². The number of benzene rings is 1. The number of guanidine groups is 1. The Hall–Kier alpha value is -2.57. The molecule has 0 saturated heterocycles. The van der Waals surface area contributed by atoms with Gasteiger partial charge >= 0.3 is 6.18 Å². The summed E-state index contributed by atoms with van der Waals surface area (Å²) in [6, 6.07) is 8.62. The Bertz CT molecular complexity index is 688. The van der Waals surface area contributed by atoms with Crippen LogP contribution in [-0.4, -0.2) is 10.9 Å². The predicted octanol–water partition coefficient (Wildman–Crippen LogP) is 3.78. The maximum atomic E-state index is 12.9. The zero-order chi connectivity index (χ0) is 16.3. The van der Waals surface area contributed by atoms with Gasteiger partial charge in [-0.3, -0.25) is 0 Å². The van der Waals surface area contributed by atoms with Crippen LogP contribution in [0.4, 0.5) is 24.7 Å². The first kappa shape index (κ1) is 15.8. The molecule has 0 unspecified atom stereocenters. The highest BCUT2D eigenvalue weighted by molar-refractivity contribution is 5.94. The van der Waals surface area contributed by atoms with Crippen molar-refractivity contribution >= 4 is 17.5 Å². The van der Waals surface area contributed by atoms with Gasteiger partial charge in [0.15, 0.2) is 11.8 Å². The third-order valence-corrected chi connectivity index (χ3v) is 2.81. The SMILES string of the molecule is Cc1cc(C)nc(N=C(N)Nc2ccccc2C(F)(F)F)c1. The number of aryl methyl sites for hydroxylation is 2. The molecule has 116 valence electrons. The molecular weight excluding hydrogens is 293 g/mol. The Labute approximate surface area is 125 Å². The first-order valence-corrected chi connectivity index (χ1v) is 6.48. The largest absolute Gasteiger partial charge is 0.418 e. The molecule has 0 aliphatic heterocycles. The number of aromatic nitrogens is 1. The Morgan fingerprint density at radius 3 is 2.50 bits per heavy atom. The van der Waals surface area contributed by atoms with E-state index >= 15 is 0 Å². The molecule has 2 aromatic rings. The molecule has 0 aliphatic carbocycles. The van der Waals surface area contributed by atoms with Crippen LogP contribution in [0, 0.1) is 13.8 Å². The Morgan fingerprint density at radius 2 is 1.86 bits per heavy atom. The van der Waals surface area contributed by atoms with Gasteiger partial charge in [0.25, 0.3) is 0 Å². The highest BCUT2D eigenvalue weighted by Crippen LogP contribution is 2.34. The third kappa shape index (κ3) is 3.97. The lowest BCUT2D eigenvalue weighted by Crippen LogP contribution is -2.24. The zero-order valence-corrected chi connectivity index (χ0v) is 12.1. The van der Waals surface area contributed by atoms with E-state index in [9.17, 15) is 13.2 Å². The molecule has 0 spiro atoms. The number of halogens is 3. The molecule has 0 amide bonds. The molecule has 0 aliphatic rings. The summed E-state index contributed by atoms with van der Waals surface area (Å²) in [5, 5.41) is 2.47. The highest BCUT2D eigenvalue weighted by atomic mass is 19.4. The first-order chi connectivity index (χ1) is 10.3. The number of aliphatic imine (C=N–C) groups is 1. The van der Waals surface area contributed by atoms with Gasteiger partial charge in [0.2, 0.25) is 0 Å². The second-order valence-electron chi connectivity index (χ2n) is 4.81. The summed E-state index contributed by atoms with van der Waals surface area (Å²) in [7, 11) is 0. The van der Waals surface area contributed by atoms with E-state index < -0.39 is 11.7 Å². The minimum atomic E-state index is -4.47. The molecule has 0 bridgehead atoms. The molecular formula is C15H15F3N4. The zero-order valence-electron chi connectivity index (χ0n) is 12.1. The van der Waals surface area contributed by atoms with Crippen LogP contribution in [0.25, 0.3) is 0 Å². The van der Waals surface area contributed by atoms with Crippen molar-refractivity contribution < 1.29 is 13.2 Å². The van der Waals surface area contributed by atoms with Crippen molar-refractivity contribution in [1.82, 2.24) is 4.98 Å². The maximum absolute atomic E-state index is 12.9. The van der Waals surface area contributed by atoms with Crippen molar-refractivity contribution in [2.24, 2.45) is 10.7 Å². The van der Waals surface area contributed by atoms with E-state index in [4.69, 9.17) is 5.73 Å². The Morgan fingerprint density at radius 1 is 1.18 bits per heavy atom. The van der Waals surface area contributed by atoms with Crippen molar-refractivity contribution in [2.75, 3.05) is 5.32 Å². The molecule has 0 saturated carbocycles. The third-order valence-electron chi connectivity index (χ3n) is 2.81. The summed E-state index contributed by atoms with van der Waals surface area (Å²) in [6.45, 7) is 3.67. The first-order valence-electron chi connectivity index (χ1n) is 6.48. The molecule has 7 heteroatoms. The highest BCUT2D eigenvalue weighted by Gasteiger charge is 2.33. The minimum absolute atomic E-state index is 0.152. The molecule has 1 heterocycles. The summed E-state index contributed by atoms with van der Waals surface area (Å²) < 4.78 is 38.7. The van der Waals surface area contributed by atoms with Gasteiger partial charge in [-0.25, -0.2) is 4.98 Å². The van der Waals surface area contributed by atoms with Gasteiger partial charge in [0.1, 0.15) is 0 Å². The van der Waals surface area contributed by atoms with Gasteiger partial charge in [0, 0.05) is 5.69 Å². The van der Waals surface area contributed by atoms with Crippen LogP contribution in [0.1, 0.15) is 16.8 Å². The van der Waals surface area contributed by atoms with Crippen molar-refractivity contribution in [3.05, 3.63) is 53.2 Å². The van der Waals surface area contributed by atoms with Crippen molar-refractivity contribution in [3.63, 3.8) is 0 Å². The number of hydrogen-bond acceptors (Lipinski definition) is 2. The molecule has 1 aromatic heterocycles. The second kappa shape index (κ2) is 6.05. The van der Waals surface area contributed by atoms with Gasteiger partial charge in [-0.2, -0.15) is 18.2 Å². The molecule has 1 aromatic carbocycles. The van der Waals surface area contributed by atoms with Crippen molar-refractivity contribution in [3.8, 4) is 0 Å². The van der Waals surface area contributed by atoms with Crippen LogP contribution in [-0.2, 0) is 6.18 Å². The minimum Gasteiger partial charge on any atom is -0.369 e. The number of hydrogen-bond donors (Lipinski definition) is 2. The second-order valence-corrected chi connectivity index (χ2v) is 4.81. The fourth-order valence-corrected chi connectivity index (χ4v) is 2.01. The van der Waals surface area contributed by atoms with Crippen LogP contribution in [0.15, 0.2) is 41.4 Å². The van der Waals surface area contributed by atoms with Gasteiger partial charge in [0.05, 0.1) is 11.3 Å². The fourth-order valence-electron chi connectivity index (χ4n) is 2.01. The number of anilines is 1. The van der Waals surface area contributed by atoms with E-state index in [-0.39, 0.29) is 11.6 Å². The van der Waals surface area contributed by atoms with Gasteiger partial charge < -0.3 is 11.1 Å². The topological polar surface area (TPSA) is 63.3 Å². The van der Waals surface area contributed by atoms with E-state index in [2.05, 4.69) is 15.3 Å².